The molecule has 5 aliphatic rings. The van der Waals surface area contributed by atoms with Crippen molar-refractivity contribution in [2.24, 2.45) is 17.8 Å². The van der Waals surface area contributed by atoms with Crippen LogP contribution in [-0.4, -0.2) is 55.2 Å². The van der Waals surface area contributed by atoms with E-state index in [9.17, 15) is 9.59 Å². The molecule has 5 rings (SSSR count). The monoisotopic (exact) mass is 335 g/mol. The van der Waals surface area contributed by atoms with Gasteiger partial charge in [-0.1, -0.05) is 0 Å². The third kappa shape index (κ3) is 3.59. The lowest BCUT2D eigenvalue weighted by atomic mass is 9.53. The molecular weight excluding hydrogens is 306 g/mol. The fourth-order valence-corrected chi connectivity index (χ4v) is 5.86. The quantitative estimate of drug-likeness (QED) is 0.820. The van der Waals surface area contributed by atoms with Gasteiger partial charge in [0.25, 0.3) is 0 Å². The van der Waals surface area contributed by atoms with Gasteiger partial charge in [0.2, 0.25) is 5.91 Å². The predicted octanol–water partition coefficient (Wildman–Crippen LogP) is 1.50. The van der Waals surface area contributed by atoms with Gasteiger partial charge in [-0.05, 0) is 62.7 Å². The first kappa shape index (κ1) is 16.3. The third-order valence-corrected chi connectivity index (χ3v) is 6.35. The largest absolute Gasteiger partial charge is 0.380 e. The Bertz CT molecular complexity index is 464. The van der Waals surface area contributed by atoms with Crippen molar-refractivity contribution >= 4 is 11.9 Å². The van der Waals surface area contributed by atoms with E-state index in [0.717, 1.165) is 63.1 Å². The first-order chi connectivity index (χ1) is 11.6. The molecule has 1 aliphatic heterocycles. The number of nitrogens with one attached hydrogen (secondary N) is 2. The van der Waals surface area contributed by atoms with Crippen LogP contribution in [0, 0.1) is 17.8 Å². The standard InChI is InChI=1S/C18H29N3O3/c22-16(12-21-2-1-4-24-5-3-21)19-17(23)20-18-9-13-6-14(10-18)8-15(7-13)11-18/h13-15H,1-12H2,(H2,19,20,22,23). The van der Waals surface area contributed by atoms with Crippen LogP contribution < -0.4 is 10.6 Å². The Labute approximate surface area is 143 Å². The fourth-order valence-electron chi connectivity index (χ4n) is 5.86. The highest BCUT2D eigenvalue weighted by Crippen LogP contribution is 2.55. The number of imide groups is 1. The molecule has 4 bridgehead atoms. The van der Waals surface area contributed by atoms with E-state index in [-0.39, 0.29) is 24.0 Å². The lowest BCUT2D eigenvalue weighted by Gasteiger charge is -2.56. The fraction of sp³-hybridized carbons (Fsp3) is 0.889. The van der Waals surface area contributed by atoms with E-state index in [1.165, 1.54) is 19.3 Å². The van der Waals surface area contributed by atoms with Crippen LogP contribution in [0.5, 0.6) is 0 Å². The molecule has 5 fully saturated rings. The SMILES string of the molecule is O=C(CN1CCCOCC1)NC(=O)NC12CC3CC(CC(C3)C1)C2. The molecule has 1 heterocycles. The van der Waals surface area contributed by atoms with E-state index in [2.05, 4.69) is 15.5 Å². The molecule has 0 aromatic heterocycles. The van der Waals surface area contributed by atoms with Crippen LogP contribution in [-0.2, 0) is 9.53 Å². The maximum atomic E-state index is 12.4. The molecule has 4 saturated carbocycles. The van der Waals surface area contributed by atoms with Crippen molar-refractivity contribution in [3.63, 3.8) is 0 Å². The summed E-state index contributed by atoms with van der Waals surface area (Å²) in [5.74, 6) is 2.14. The Balaban J connectivity index is 1.28. The topological polar surface area (TPSA) is 70.7 Å². The average Bonchev–Trinajstić information content (AvgIpc) is 2.73. The van der Waals surface area contributed by atoms with Crippen LogP contribution in [0.25, 0.3) is 0 Å². The number of ether oxygens (including phenoxy) is 1. The molecule has 4 aliphatic carbocycles. The highest BCUT2D eigenvalue weighted by Gasteiger charge is 2.51. The van der Waals surface area contributed by atoms with Gasteiger partial charge in [-0.15, -0.1) is 0 Å². The average molecular weight is 335 g/mol. The van der Waals surface area contributed by atoms with Crippen LogP contribution in [0.1, 0.15) is 44.9 Å². The lowest BCUT2D eigenvalue weighted by Crippen LogP contribution is -2.62. The number of hydrogen-bond acceptors (Lipinski definition) is 4. The van der Waals surface area contributed by atoms with E-state index in [4.69, 9.17) is 4.74 Å². The van der Waals surface area contributed by atoms with Crippen LogP contribution in [0.15, 0.2) is 0 Å². The Morgan fingerprint density at radius 1 is 1.00 bits per heavy atom. The smallest absolute Gasteiger partial charge is 0.321 e. The molecule has 0 radical (unpaired) electrons. The summed E-state index contributed by atoms with van der Waals surface area (Å²) in [6.45, 7) is 3.29. The Kier molecular flexibility index (Phi) is 4.52. The molecule has 3 amide bonds. The summed E-state index contributed by atoms with van der Waals surface area (Å²) in [7, 11) is 0. The summed E-state index contributed by atoms with van der Waals surface area (Å²) in [6.07, 6.45) is 8.28. The van der Waals surface area contributed by atoms with Crippen molar-refractivity contribution in [2.75, 3.05) is 32.8 Å². The van der Waals surface area contributed by atoms with Crippen LogP contribution >= 0.6 is 0 Å². The van der Waals surface area contributed by atoms with Gasteiger partial charge in [-0.25, -0.2) is 4.79 Å². The normalized spacial score (nSPS) is 38.6. The second kappa shape index (κ2) is 6.64. The minimum atomic E-state index is -0.298. The van der Waals surface area contributed by atoms with Gasteiger partial charge in [0.05, 0.1) is 13.2 Å². The summed E-state index contributed by atoms with van der Waals surface area (Å²) < 4.78 is 5.39. The summed E-state index contributed by atoms with van der Waals surface area (Å²) in [5.41, 5.74) is -0.0461. The summed E-state index contributed by atoms with van der Waals surface area (Å²) in [4.78, 5) is 26.6. The minimum Gasteiger partial charge on any atom is -0.380 e. The Morgan fingerprint density at radius 3 is 2.33 bits per heavy atom. The predicted molar refractivity (Wildman–Crippen MR) is 89.5 cm³/mol. The summed E-state index contributed by atoms with van der Waals surface area (Å²) >= 11 is 0. The van der Waals surface area contributed by atoms with Crippen molar-refractivity contribution in [3.8, 4) is 0 Å². The van der Waals surface area contributed by atoms with E-state index < -0.39 is 0 Å². The van der Waals surface area contributed by atoms with Gasteiger partial charge in [-0.3, -0.25) is 15.0 Å². The highest BCUT2D eigenvalue weighted by atomic mass is 16.5. The molecule has 0 unspecified atom stereocenters. The molecule has 0 spiro atoms. The number of hydrogen-bond donors (Lipinski definition) is 2. The number of carbonyl (C=O) groups is 2. The molecule has 0 aromatic rings. The van der Waals surface area contributed by atoms with Crippen molar-refractivity contribution < 1.29 is 14.3 Å². The van der Waals surface area contributed by atoms with Gasteiger partial charge < -0.3 is 10.1 Å². The van der Waals surface area contributed by atoms with Crippen LogP contribution in [0.2, 0.25) is 0 Å². The van der Waals surface area contributed by atoms with Gasteiger partial charge in [0, 0.05) is 25.2 Å². The summed E-state index contributed by atoms with van der Waals surface area (Å²) in [5, 5.41) is 5.74. The molecule has 134 valence electrons. The van der Waals surface area contributed by atoms with E-state index >= 15 is 0 Å². The van der Waals surface area contributed by atoms with E-state index in [1.807, 2.05) is 0 Å². The number of carbonyl (C=O) groups excluding carboxylic acids is 2. The zero-order valence-electron chi connectivity index (χ0n) is 14.4. The number of rotatable bonds is 3. The maximum absolute atomic E-state index is 12.4. The van der Waals surface area contributed by atoms with Gasteiger partial charge in [0.15, 0.2) is 0 Å². The molecule has 0 atom stereocenters. The second-order valence-electron chi connectivity index (χ2n) is 8.44. The van der Waals surface area contributed by atoms with Crippen molar-refractivity contribution in [2.45, 2.75) is 50.5 Å². The van der Waals surface area contributed by atoms with Crippen molar-refractivity contribution in [3.05, 3.63) is 0 Å². The van der Waals surface area contributed by atoms with Gasteiger partial charge >= 0.3 is 6.03 Å². The van der Waals surface area contributed by atoms with Crippen LogP contribution in [0.4, 0.5) is 4.79 Å². The third-order valence-electron chi connectivity index (χ3n) is 6.35. The second-order valence-corrected chi connectivity index (χ2v) is 8.44. The first-order valence-corrected chi connectivity index (χ1v) is 9.52. The molecule has 6 heteroatoms. The molecular formula is C18H29N3O3. The first-order valence-electron chi connectivity index (χ1n) is 9.52. The van der Waals surface area contributed by atoms with Crippen molar-refractivity contribution in [1.29, 1.82) is 0 Å². The summed E-state index contributed by atoms with van der Waals surface area (Å²) in [6, 6.07) is -0.298. The Hall–Kier alpha value is -1.14. The van der Waals surface area contributed by atoms with Gasteiger partial charge in [-0.2, -0.15) is 0 Å². The molecule has 24 heavy (non-hydrogen) atoms. The number of urea groups is 1. The highest BCUT2D eigenvalue weighted by molar-refractivity contribution is 5.95. The minimum absolute atomic E-state index is 0.0461. The molecule has 0 aromatic carbocycles. The van der Waals surface area contributed by atoms with Crippen LogP contribution in [0.3, 0.4) is 0 Å². The zero-order valence-corrected chi connectivity index (χ0v) is 14.4. The molecule has 6 nitrogen and oxygen atoms in total. The number of amides is 3. The number of nitrogens with zero attached hydrogens (tertiary/aromatic N) is 1. The van der Waals surface area contributed by atoms with Gasteiger partial charge in [0.1, 0.15) is 0 Å². The molecule has 2 N–H and O–H groups in total. The van der Waals surface area contributed by atoms with Crippen molar-refractivity contribution in [1.82, 2.24) is 15.5 Å². The Morgan fingerprint density at radius 2 is 1.67 bits per heavy atom. The molecule has 1 saturated heterocycles. The van der Waals surface area contributed by atoms with E-state index in [1.54, 1.807) is 0 Å². The van der Waals surface area contributed by atoms with E-state index in [0.29, 0.717) is 6.61 Å². The zero-order chi connectivity index (χ0) is 16.6. The maximum Gasteiger partial charge on any atom is 0.321 e. The lowest BCUT2D eigenvalue weighted by molar-refractivity contribution is -0.121.